The fourth-order valence-corrected chi connectivity index (χ4v) is 3.94. The Bertz CT molecular complexity index is 550. The van der Waals surface area contributed by atoms with E-state index in [-0.39, 0.29) is 0 Å². The number of fused-ring (bicyclic) bond motifs is 3. The molecular formula is C13H18N2S. The maximum Gasteiger partial charge on any atom is 0.194 e. The number of hydrogen-bond acceptors (Lipinski definition) is 2. The van der Waals surface area contributed by atoms with Crippen molar-refractivity contribution in [2.45, 2.75) is 46.5 Å². The molecule has 0 amide bonds. The molecule has 0 spiro atoms. The van der Waals surface area contributed by atoms with Crippen molar-refractivity contribution in [2.75, 3.05) is 0 Å². The van der Waals surface area contributed by atoms with Gasteiger partial charge in [0.1, 0.15) is 0 Å². The van der Waals surface area contributed by atoms with Gasteiger partial charge >= 0.3 is 0 Å². The normalized spacial score (nSPS) is 25.0. The Morgan fingerprint density at radius 2 is 2.06 bits per heavy atom. The number of imidazole rings is 1. The molecule has 2 unspecified atom stereocenters. The maximum atomic E-state index is 4.83. The number of nitrogens with zero attached hydrogens (tertiary/aromatic N) is 2. The first-order chi connectivity index (χ1) is 7.58. The lowest BCUT2D eigenvalue weighted by Crippen LogP contribution is -2.16. The number of hydrogen-bond donors (Lipinski definition) is 0. The minimum Gasteiger partial charge on any atom is -0.291 e. The van der Waals surface area contributed by atoms with Gasteiger partial charge in [0, 0.05) is 22.2 Å². The molecule has 1 aliphatic rings. The molecule has 0 aliphatic heterocycles. The van der Waals surface area contributed by atoms with Gasteiger partial charge in [0.2, 0.25) is 0 Å². The van der Waals surface area contributed by atoms with E-state index in [9.17, 15) is 0 Å². The highest BCUT2D eigenvalue weighted by Crippen LogP contribution is 2.37. The van der Waals surface area contributed by atoms with E-state index in [1.807, 2.05) is 11.3 Å². The molecule has 2 nitrogen and oxygen atoms in total. The van der Waals surface area contributed by atoms with E-state index in [1.54, 1.807) is 0 Å². The summed E-state index contributed by atoms with van der Waals surface area (Å²) in [5.41, 5.74) is 4.21. The molecule has 3 rings (SSSR count). The second-order valence-electron chi connectivity index (χ2n) is 5.25. The van der Waals surface area contributed by atoms with Crippen LogP contribution >= 0.6 is 11.3 Å². The SMILES string of the molecule is Cc1sc2nc3c(n2c1C)CC(C)CC3C. The highest BCUT2D eigenvalue weighted by molar-refractivity contribution is 7.17. The zero-order valence-corrected chi connectivity index (χ0v) is 11.2. The van der Waals surface area contributed by atoms with Crippen LogP contribution < -0.4 is 0 Å². The Labute approximate surface area is 100 Å². The topological polar surface area (TPSA) is 17.3 Å². The largest absolute Gasteiger partial charge is 0.291 e. The predicted octanol–water partition coefficient (Wildman–Crippen LogP) is 3.70. The van der Waals surface area contributed by atoms with Crippen LogP contribution in [0.4, 0.5) is 0 Å². The molecule has 2 atom stereocenters. The van der Waals surface area contributed by atoms with Gasteiger partial charge in [-0.05, 0) is 32.6 Å². The van der Waals surface area contributed by atoms with Crippen molar-refractivity contribution < 1.29 is 0 Å². The van der Waals surface area contributed by atoms with Gasteiger partial charge in [-0.15, -0.1) is 11.3 Å². The van der Waals surface area contributed by atoms with Gasteiger partial charge < -0.3 is 0 Å². The van der Waals surface area contributed by atoms with Crippen LogP contribution in [0.2, 0.25) is 0 Å². The molecule has 0 bridgehead atoms. The highest BCUT2D eigenvalue weighted by Gasteiger charge is 2.27. The lowest BCUT2D eigenvalue weighted by molar-refractivity contribution is 0.437. The summed E-state index contributed by atoms with van der Waals surface area (Å²) in [5.74, 6) is 1.42. The summed E-state index contributed by atoms with van der Waals surface area (Å²) in [6.45, 7) is 9.07. The van der Waals surface area contributed by atoms with Gasteiger partial charge in [0.15, 0.2) is 4.96 Å². The van der Waals surface area contributed by atoms with Crippen LogP contribution in [-0.2, 0) is 6.42 Å². The Hall–Kier alpha value is -0.830. The first kappa shape index (κ1) is 10.3. The van der Waals surface area contributed by atoms with E-state index in [4.69, 9.17) is 4.98 Å². The molecule has 0 radical (unpaired) electrons. The van der Waals surface area contributed by atoms with Crippen LogP contribution in [0.5, 0.6) is 0 Å². The molecule has 2 heterocycles. The van der Waals surface area contributed by atoms with E-state index in [1.165, 1.54) is 39.8 Å². The maximum absolute atomic E-state index is 4.83. The summed E-state index contributed by atoms with van der Waals surface area (Å²) in [7, 11) is 0. The van der Waals surface area contributed by atoms with Gasteiger partial charge in [0.25, 0.3) is 0 Å². The molecule has 3 heteroatoms. The fraction of sp³-hybridized carbons (Fsp3) is 0.615. The van der Waals surface area contributed by atoms with Gasteiger partial charge in [-0.1, -0.05) is 13.8 Å². The van der Waals surface area contributed by atoms with Crippen molar-refractivity contribution in [1.82, 2.24) is 9.38 Å². The zero-order valence-electron chi connectivity index (χ0n) is 10.4. The molecule has 0 N–H and O–H groups in total. The van der Waals surface area contributed by atoms with Crippen LogP contribution in [0, 0.1) is 19.8 Å². The Morgan fingerprint density at radius 1 is 1.31 bits per heavy atom. The average Bonchev–Trinajstić information content (AvgIpc) is 2.67. The van der Waals surface area contributed by atoms with Crippen molar-refractivity contribution in [3.8, 4) is 0 Å². The average molecular weight is 234 g/mol. The zero-order chi connectivity index (χ0) is 11.4. The van der Waals surface area contributed by atoms with Gasteiger partial charge in [0.05, 0.1) is 5.69 Å². The monoisotopic (exact) mass is 234 g/mol. The minimum absolute atomic E-state index is 0.630. The summed E-state index contributed by atoms with van der Waals surface area (Å²) < 4.78 is 2.39. The predicted molar refractivity (Wildman–Crippen MR) is 68.4 cm³/mol. The third kappa shape index (κ3) is 1.27. The molecule has 0 fully saturated rings. The molecule has 0 saturated carbocycles. The van der Waals surface area contributed by atoms with Crippen molar-refractivity contribution >= 4 is 16.3 Å². The Balaban J connectivity index is 2.30. The van der Waals surface area contributed by atoms with Gasteiger partial charge in [-0.3, -0.25) is 4.40 Å². The quantitative estimate of drug-likeness (QED) is 0.679. The molecule has 86 valence electrons. The number of thiazole rings is 1. The molecule has 2 aromatic rings. The van der Waals surface area contributed by atoms with Crippen molar-refractivity contribution in [3.63, 3.8) is 0 Å². The van der Waals surface area contributed by atoms with Gasteiger partial charge in [-0.2, -0.15) is 0 Å². The first-order valence-corrected chi connectivity index (χ1v) is 6.86. The second-order valence-corrected chi connectivity index (χ2v) is 6.43. The van der Waals surface area contributed by atoms with Crippen LogP contribution in [-0.4, -0.2) is 9.38 Å². The third-order valence-electron chi connectivity index (χ3n) is 3.83. The molecule has 0 saturated heterocycles. The molecule has 2 aromatic heterocycles. The lowest BCUT2D eigenvalue weighted by atomic mass is 9.84. The first-order valence-electron chi connectivity index (χ1n) is 6.05. The van der Waals surface area contributed by atoms with Crippen LogP contribution in [0.1, 0.15) is 48.1 Å². The van der Waals surface area contributed by atoms with E-state index in [2.05, 4.69) is 32.1 Å². The van der Waals surface area contributed by atoms with Crippen molar-refractivity contribution in [1.29, 1.82) is 0 Å². The third-order valence-corrected chi connectivity index (χ3v) is 4.88. The van der Waals surface area contributed by atoms with Crippen LogP contribution in [0.15, 0.2) is 0 Å². The van der Waals surface area contributed by atoms with E-state index < -0.39 is 0 Å². The van der Waals surface area contributed by atoms with Gasteiger partial charge in [-0.25, -0.2) is 4.98 Å². The molecular weight excluding hydrogens is 216 g/mol. The summed E-state index contributed by atoms with van der Waals surface area (Å²) in [6, 6.07) is 0. The molecule has 1 aliphatic carbocycles. The number of aryl methyl sites for hydroxylation is 2. The van der Waals surface area contributed by atoms with E-state index in [0.29, 0.717) is 5.92 Å². The smallest absolute Gasteiger partial charge is 0.194 e. The van der Waals surface area contributed by atoms with E-state index in [0.717, 1.165) is 5.92 Å². The van der Waals surface area contributed by atoms with E-state index >= 15 is 0 Å². The minimum atomic E-state index is 0.630. The van der Waals surface area contributed by atoms with Crippen LogP contribution in [0.25, 0.3) is 4.96 Å². The summed E-state index contributed by atoms with van der Waals surface area (Å²) in [5, 5.41) is 0. The molecule has 16 heavy (non-hydrogen) atoms. The standard InChI is InChI=1S/C13H18N2S/c1-7-5-8(2)12-11(6-7)15-9(3)10(4)16-13(15)14-12/h7-8H,5-6H2,1-4H3. The summed E-state index contributed by atoms with van der Waals surface area (Å²) >= 11 is 1.83. The number of rotatable bonds is 0. The molecule has 0 aromatic carbocycles. The fourth-order valence-electron chi connectivity index (χ4n) is 2.95. The second kappa shape index (κ2) is 3.33. The number of aromatic nitrogens is 2. The van der Waals surface area contributed by atoms with Crippen LogP contribution in [0.3, 0.4) is 0 Å². The Kier molecular flexibility index (Phi) is 2.15. The Morgan fingerprint density at radius 3 is 2.81 bits per heavy atom. The summed E-state index contributed by atoms with van der Waals surface area (Å²) in [4.78, 5) is 7.43. The highest BCUT2D eigenvalue weighted by atomic mass is 32.1. The lowest BCUT2D eigenvalue weighted by Gasteiger charge is -2.23. The summed E-state index contributed by atoms with van der Waals surface area (Å²) in [6.07, 6.45) is 2.48. The van der Waals surface area contributed by atoms with Crippen molar-refractivity contribution in [2.24, 2.45) is 5.92 Å². The van der Waals surface area contributed by atoms with Crippen molar-refractivity contribution in [3.05, 3.63) is 22.0 Å².